The number of pyridine rings is 1. The van der Waals surface area contributed by atoms with E-state index in [0.717, 1.165) is 36.6 Å². The van der Waals surface area contributed by atoms with Gasteiger partial charge in [0, 0.05) is 44.0 Å². The number of piperazine rings is 1. The molecular weight excluding hydrogens is 204 g/mol. The minimum atomic E-state index is 0.630. The molecule has 1 aromatic heterocycles. The summed E-state index contributed by atoms with van der Waals surface area (Å²) in [6, 6.07) is 3.67. The Labute approximate surface area is 95.0 Å². The van der Waals surface area contributed by atoms with Gasteiger partial charge in [-0.2, -0.15) is 4.73 Å². The molecule has 1 fully saturated rings. The molecule has 0 bridgehead atoms. The number of nitrogens with one attached hydrogen (secondary N) is 1. The fraction of sp³-hybridized carbons (Fsp3) is 0.455. The Kier molecular flexibility index (Phi) is 2.94. The molecule has 5 heteroatoms. The predicted octanol–water partition coefficient (Wildman–Crippen LogP) is 0.439. The van der Waals surface area contributed by atoms with E-state index < -0.39 is 0 Å². The van der Waals surface area contributed by atoms with Crippen LogP contribution in [0.25, 0.3) is 0 Å². The van der Waals surface area contributed by atoms with Crippen molar-refractivity contribution >= 4 is 11.5 Å². The van der Waals surface area contributed by atoms with Crippen LogP contribution in [-0.2, 0) is 0 Å². The summed E-state index contributed by atoms with van der Waals surface area (Å²) in [4.78, 5) is 4.30. The van der Waals surface area contributed by atoms with Crippen LogP contribution in [0.15, 0.2) is 24.5 Å². The highest BCUT2D eigenvalue weighted by Crippen LogP contribution is 2.14. The molecule has 1 N–H and O–H groups in total. The zero-order chi connectivity index (χ0) is 11.5. The van der Waals surface area contributed by atoms with Crippen molar-refractivity contribution in [3.05, 3.63) is 29.7 Å². The molecule has 0 aliphatic carbocycles. The van der Waals surface area contributed by atoms with Crippen LogP contribution in [0.1, 0.15) is 6.92 Å². The molecule has 16 heavy (non-hydrogen) atoms. The van der Waals surface area contributed by atoms with Gasteiger partial charge in [0.1, 0.15) is 0 Å². The molecule has 0 atom stereocenters. The summed E-state index contributed by atoms with van der Waals surface area (Å²) in [5.41, 5.74) is 1.08. The number of hydrogen-bond acceptors (Lipinski definition) is 3. The fourth-order valence-corrected chi connectivity index (χ4v) is 1.92. The summed E-state index contributed by atoms with van der Waals surface area (Å²) in [6.45, 7) is 5.37. The lowest BCUT2D eigenvalue weighted by Gasteiger charge is -2.36. The monoisotopic (exact) mass is 220 g/mol. The van der Waals surface area contributed by atoms with Crippen molar-refractivity contribution in [2.45, 2.75) is 6.92 Å². The van der Waals surface area contributed by atoms with Gasteiger partial charge in [0.05, 0.1) is 5.84 Å². The molecule has 5 nitrogen and oxygen atoms in total. The van der Waals surface area contributed by atoms with Gasteiger partial charge in [-0.15, -0.1) is 0 Å². The normalized spacial score (nSPS) is 16.3. The van der Waals surface area contributed by atoms with Gasteiger partial charge in [0.25, 0.3) is 0 Å². The van der Waals surface area contributed by atoms with Gasteiger partial charge in [-0.05, 0) is 6.92 Å². The van der Waals surface area contributed by atoms with Gasteiger partial charge >= 0.3 is 0 Å². The van der Waals surface area contributed by atoms with E-state index in [9.17, 15) is 5.21 Å². The first kappa shape index (κ1) is 10.7. The van der Waals surface area contributed by atoms with Crippen molar-refractivity contribution in [1.29, 1.82) is 5.41 Å². The number of aromatic nitrogens is 1. The molecule has 1 aromatic rings. The van der Waals surface area contributed by atoms with Gasteiger partial charge in [0.2, 0.25) is 0 Å². The Bertz CT molecular complexity index is 368. The lowest BCUT2D eigenvalue weighted by molar-refractivity contribution is -0.605. The van der Waals surface area contributed by atoms with Crippen molar-refractivity contribution in [3.63, 3.8) is 0 Å². The number of amidine groups is 1. The Morgan fingerprint density at radius 1 is 1.25 bits per heavy atom. The van der Waals surface area contributed by atoms with Crippen LogP contribution in [0.4, 0.5) is 5.69 Å². The van der Waals surface area contributed by atoms with Crippen LogP contribution in [0.2, 0.25) is 0 Å². The number of rotatable bonds is 1. The van der Waals surface area contributed by atoms with E-state index in [1.165, 1.54) is 12.4 Å². The molecule has 0 aromatic carbocycles. The molecule has 1 aliphatic heterocycles. The average Bonchev–Trinajstić information content (AvgIpc) is 2.30. The van der Waals surface area contributed by atoms with Crippen LogP contribution in [0.5, 0.6) is 0 Å². The van der Waals surface area contributed by atoms with E-state index in [4.69, 9.17) is 5.41 Å². The van der Waals surface area contributed by atoms with E-state index in [-0.39, 0.29) is 0 Å². The van der Waals surface area contributed by atoms with Crippen LogP contribution in [0, 0.1) is 10.6 Å². The molecule has 86 valence electrons. The molecular formula is C11H16N4O. The SMILES string of the molecule is CC(=N)N1CCN(c2cc[n+]([O-])cc2)CC1. The molecule has 2 rings (SSSR count). The van der Waals surface area contributed by atoms with Crippen molar-refractivity contribution < 1.29 is 4.73 Å². The highest BCUT2D eigenvalue weighted by atomic mass is 16.5. The van der Waals surface area contributed by atoms with Gasteiger partial charge in [-0.1, -0.05) is 0 Å². The summed E-state index contributed by atoms with van der Waals surface area (Å²) >= 11 is 0. The molecule has 1 aliphatic rings. The second-order valence-corrected chi connectivity index (χ2v) is 3.98. The summed E-state index contributed by atoms with van der Waals surface area (Å²) in [6.07, 6.45) is 3.03. The highest BCUT2D eigenvalue weighted by Gasteiger charge is 2.17. The Hall–Kier alpha value is -1.78. The maximum Gasteiger partial charge on any atom is 0.182 e. The quantitative estimate of drug-likeness (QED) is 0.323. The van der Waals surface area contributed by atoms with Crippen molar-refractivity contribution in [3.8, 4) is 0 Å². The van der Waals surface area contributed by atoms with Crippen LogP contribution in [0.3, 0.4) is 0 Å². The summed E-state index contributed by atoms with van der Waals surface area (Å²) in [7, 11) is 0. The number of anilines is 1. The number of hydrogen-bond donors (Lipinski definition) is 1. The smallest absolute Gasteiger partial charge is 0.182 e. The highest BCUT2D eigenvalue weighted by molar-refractivity contribution is 5.76. The Balaban J connectivity index is 1.99. The largest absolute Gasteiger partial charge is 0.619 e. The Morgan fingerprint density at radius 2 is 1.81 bits per heavy atom. The zero-order valence-electron chi connectivity index (χ0n) is 9.39. The fourth-order valence-electron chi connectivity index (χ4n) is 1.92. The van der Waals surface area contributed by atoms with E-state index >= 15 is 0 Å². The lowest BCUT2D eigenvalue weighted by atomic mass is 10.2. The molecule has 0 unspecified atom stereocenters. The second-order valence-electron chi connectivity index (χ2n) is 3.98. The standard InChI is InChI=1S/C11H16N4O/c1-10(12)13-6-8-14(9-7-13)11-2-4-15(16)5-3-11/h2-5,12H,6-9H2,1H3. The van der Waals surface area contributed by atoms with Crippen LogP contribution >= 0.6 is 0 Å². The maximum absolute atomic E-state index is 10.9. The third kappa shape index (κ3) is 2.24. The van der Waals surface area contributed by atoms with Crippen molar-refractivity contribution in [1.82, 2.24) is 4.90 Å². The first-order chi connectivity index (χ1) is 7.66. The Morgan fingerprint density at radius 3 is 2.31 bits per heavy atom. The van der Waals surface area contributed by atoms with Crippen molar-refractivity contribution in [2.75, 3.05) is 31.1 Å². The minimum absolute atomic E-state index is 0.630. The topological polar surface area (TPSA) is 57.3 Å². The zero-order valence-corrected chi connectivity index (χ0v) is 9.39. The second kappa shape index (κ2) is 4.38. The molecule has 0 saturated carbocycles. The van der Waals surface area contributed by atoms with Crippen LogP contribution in [-0.4, -0.2) is 36.9 Å². The molecule has 0 radical (unpaired) electrons. The average molecular weight is 220 g/mol. The predicted molar refractivity (Wildman–Crippen MR) is 62.6 cm³/mol. The lowest BCUT2D eigenvalue weighted by Crippen LogP contribution is -2.48. The first-order valence-electron chi connectivity index (χ1n) is 5.41. The van der Waals surface area contributed by atoms with Crippen molar-refractivity contribution in [2.24, 2.45) is 0 Å². The third-order valence-electron chi connectivity index (χ3n) is 2.90. The third-order valence-corrected chi connectivity index (χ3v) is 2.90. The summed E-state index contributed by atoms with van der Waals surface area (Å²) in [5, 5.41) is 18.5. The van der Waals surface area contributed by atoms with Gasteiger partial charge < -0.3 is 15.0 Å². The number of nitrogens with zero attached hydrogens (tertiary/aromatic N) is 3. The van der Waals surface area contributed by atoms with E-state index in [1.54, 1.807) is 0 Å². The summed E-state index contributed by atoms with van der Waals surface area (Å²) < 4.78 is 0.793. The van der Waals surface area contributed by atoms with Gasteiger partial charge in [-0.25, -0.2) is 0 Å². The van der Waals surface area contributed by atoms with Gasteiger partial charge in [0.15, 0.2) is 12.4 Å². The van der Waals surface area contributed by atoms with E-state index in [1.807, 2.05) is 19.1 Å². The van der Waals surface area contributed by atoms with Crippen LogP contribution < -0.4 is 9.63 Å². The maximum atomic E-state index is 10.9. The van der Waals surface area contributed by atoms with E-state index in [0.29, 0.717) is 5.84 Å². The molecule has 2 heterocycles. The minimum Gasteiger partial charge on any atom is -0.619 e. The molecule has 1 saturated heterocycles. The van der Waals surface area contributed by atoms with E-state index in [2.05, 4.69) is 9.80 Å². The molecule has 0 spiro atoms. The first-order valence-corrected chi connectivity index (χ1v) is 5.41. The molecule has 0 amide bonds. The summed E-state index contributed by atoms with van der Waals surface area (Å²) in [5.74, 6) is 0.630. The van der Waals surface area contributed by atoms with Gasteiger partial charge in [-0.3, -0.25) is 5.41 Å².